The second-order valence-electron chi connectivity index (χ2n) is 7.40. The zero-order valence-electron chi connectivity index (χ0n) is 13.9. The number of ether oxygens (including phenoxy) is 1. The third-order valence-electron chi connectivity index (χ3n) is 4.47. The molecule has 2 saturated heterocycles. The highest BCUT2D eigenvalue weighted by Gasteiger charge is 2.34. The number of nitrogens with one attached hydrogen (secondary N) is 2. The van der Waals surface area contributed by atoms with E-state index in [-0.39, 0.29) is 6.09 Å². The Morgan fingerprint density at radius 2 is 2.05 bits per heavy atom. The molecule has 0 spiro atoms. The summed E-state index contributed by atoms with van der Waals surface area (Å²) < 4.78 is 5.29. The number of amides is 1. The Labute approximate surface area is 128 Å². The highest BCUT2D eigenvalue weighted by molar-refractivity contribution is 5.67. The van der Waals surface area contributed by atoms with Gasteiger partial charge < -0.3 is 20.3 Å². The highest BCUT2D eigenvalue weighted by Crippen LogP contribution is 2.27. The summed E-state index contributed by atoms with van der Waals surface area (Å²) in [7, 11) is 0. The van der Waals surface area contributed by atoms with E-state index >= 15 is 0 Å². The first-order chi connectivity index (χ1) is 9.87. The van der Waals surface area contributed by atoms with Gasteiger partial charge >= 0.3 is 6.09 Å². The first kappa shape index (κ1) is 16.6. The molecule has 2 aliphatic heterocycles. The lowest BCUT2D eigenvalue weighted by Gasteiger charge is -2.34. The summed E-state index contributed by atoms with van der Waals surface area (Å²) in [5, 5.41) is 6.64. The van der Waals surface area contributed by atoms with Crippen LogP contribution >= 0.6 is 0 Å². The summed E-state index contributed by atoms with van der Waals surface area (Å²) in [6.07, 6.45) is 3.24. The van der Waals surface area contributed by atoms with Gasteiger partial charge in [0.2, 0.25) is 0 Å². The van der Waals surface area contributed by atoms with E-state index in [1.807, 2.05) is 20.8 Å². The van der Waals surface area contributed by atoms with Gasteiger partial charge in [-0.1, -0.05) is 6.92 Å². The third kappa shape index (κ3) is 5.15. The third-order valence-corrected chi connectivity index (χ3v) is 4.47. The first-order valence-corrected chi connectivity index (χ1v) is 8.32. The maximum atomic E-state index is 11.7. The monoisotopic (exact) mass is 297 g/mol. The molecule has 5 heteroatoms. The number of piperidine rings is 1. The molecule has 2 heterocycles. The molecule has 2 N–H and O–H groups in total. The zero-order chi connectivity index (χ0) is 15.5. The van der Waals surface area contributed by atoms with Crippen LogP contribution in [0.1, 0.15) is 47.0 Å². The van der Waals surface area contributed by atoms with Crippen LogP contribution in [0.4, 0.5) is 4.79 Å². The van der Waals surface area contributed by atoms with Crippen LogP contribution in [0.3, 0.4) is 0 Å². The van der Waals surface area contributed by atoms with Crippen molar-refractivity contribution in [3.8, 4) is 0 Å². The SMILES string of the molecule is CCC(CNC(=O)OC(C)(C)C)NC1CCN2CCC1C2. The predicted octanol–water partition coefficient (Wildman–Crippen LogP) is 1.97. The standard InChI is InChI=1S/C16H31N3O2/c1-5-13(10-17-15(20)21-16(2,3)4)18-14-7-9-19-8-6-12(14)11-19/h12-14,18H,5-11H2,1-4H3,(H,17,20). The molecule has 2 bridgehead atoms. The molecule has 0 aromatic heterocycles. The number of fused-ring (bicyclic) bond motifs is 2. The van der Waals surface area contributed by atoms with Crippen molar-refractivity contribution in [3.63, 3.8) is 0 Å². The fourth-order valence-electron chi connectivity index (χ4n) is 3.32. The number of hydrogen-bond donors (Lipinski definition) is 2. The Kier molecular flexibility index (Phi) is 5.49. The van der Waals surface area contributed by atoms with Crippen molar-refractivity contribution < 1.29 is 9.53 Å². The second-order valence-corrected chi connectivity index (χ2v) is 7.40. The van der Waals surface area contributed by atoms with Crippen molar-refractivity contribution in [2.24, 2.45) is 5.92 Å². The summed E-state index contributed by atoms with van der Waals surface area (Å²) in [6.45, 7) is 12.2. The van der Waals surface area contributed by atoms with Gasteiger partial charge in [0.25, 0.3) is 0 Å². The van der Waals surface area contributed by atoms with E-state index in [1.165, 1.54) is 32.5 Å². The molecule has 122 valence electrons. The molecule has 2 aliphatic rings. The molecule has 4 unspecified atom stereocenters. The van der Waals surface area contributed by atoms with Gasteiger partial charge in [-0.15, -0.1) is 0 Å². The summed E-state index contributed by atoms with van der Waals surface area (Å²) in [4.78, 5) is 14.3. The molecule has 4 atom stereocenters. The first-order valence-electron chi connectivity index (χ1n) is 8.32. The van der Waals surface area contributed by atoms with E-state index in [9.17, 15) is 4.79 Å². The van der Waals surface area contributed by atoms with Crippen LogP contribution < -0.4 is 10.6 Å². The van der Waals surface area contributed by atoms with E-state index in [0.29, 0.717) is 18.6 Å². The Hall–Kier alpha value is -0.810. The average molecular weight is 297 g/mol. The molecule has 5 nitrogen and oxygen atoms in total. The van der Waals surface area contributed by atoms with E-state index in [1.54, 1.807) is 0 Å². The molecule has 2 fully saturated rings. The lowest BCUT2D eigenvalue weighted by Crippen LogP contribution is -2.51. The molecule has 21 heavy (non-hydrogen) atoms. The molecule has 0 aromatic rings. The minimum absolute atomic E-state index is 0.321. The normalized spacial score (nSPS) is 30.0. The Bertz CT molecular complexity index is 354. The zero-order valence-corrected chi connectivity index (χ0v) is 13.9. The van der Waals surface area contributed by atoms with Crippen LogP contribution in [0.15, 0.2) is 0 Å². The number of carbonyl (C=O) groups is 1. The average Bonchev–Trinajstić information content (AvgIpc) is 2.78. The van der Waals surface area contributed by atoms with Gasteiger partial charge in [-0.3, -0.25) is 0 Å². The minimum Gasteiger partial charge on any atom is -0.444 e. The molecule has 1 amide bonds. The number of nitrogens with zero attached hydrogens (tertiary/aromatic N) is 1. The van der Waals surface area contributed by atoms with Crippen molar-refractivity contribution in [1.82, 2.24) is 15.5 Å². The number of hydrogen-bond acceptors (Lipinski definition) is 4. The van der Waals surface area contributed by atoms with Crippen LogP contribution in [0.5, 0.6) is 0 Å². The van der Waals surface area contributed by atoms with Crippen LogP contribution in [0, 0.1) is 5.92 Å². The fraction of sp³-hybridized carbons (Fsp3) is 0.938. The summed E-state index contributed by atoms with van der Waals surface area (Å²) in [5.74, 6) is 0.786. The van der Waals surface area contributed by atoms with Crippen molar-refractivity contribution in [2.75, 3.05) is 26.2 Å². The maximum Gasteiger partial charge on any atom is 0.407 e. The Balaban J connectivity index is 1.74. The van der Waals surface area contributed by atoms with Gasteiger partial charge in [0.15, 0.2) is 0 Å². The van der Waals surface area contributed by atoms with Crippen LogP contribution in [0.2, 0.25) is 0 Å². The fourth-order valence-corrected chi connectivity index (χ4v) is 3.32. The van der Waals surface area contributed by atoms with E-state index in [4.69, 9.17) is 4.74 Å². The number of carbonyl (C=O) groups excluding carboxylic acids is 1. The number of alkyl carbamates (subject to hydrolysis) is 1. The molecule has 2 rings (SSSR count). The van der Waals surface area contributed by atoms with Gasteiger partial charge in [-0.05, 0) is 59.0 Å². The lowest BCUT2D eigenvalue weighted by atomic mass is 9.93. The topological polar surface area (TPSA) is 53.6 Å². The smallest absolute Gasteiger partial charge is 0.407 e. The van der Waals surface area contributed by atoms with E-state index in [0.717, 1.165) is 12.3 Å². The highest BCUT2D eigenvalue weighted by atomic mass is 16.6. The lowest BCUT2D eigenvalue weighted by molar-refractivity contribution is 0.0520. The summed E-state index contributed by atoms with van der Waals surface area (Å²) >= 11 is 0. The molecule has 0 saturated carbocycles. The van der Waals surface area contributed by atoms with Gasteiger partial charge in [-0.25, -0.2) is 4.79 Å². The van der Waals surface area contributed by atoms with Crippen molar-refractivity contribution in [1.29, 1.82) is 0 Å². The van der Waals surface area contributed by atoms with E-state index < -0.39 is 5.60 Å². The minimum atomic E-state index is -0.435. The van der Waals surface area contributed by atoms with Crippen LogP contribution in [-0.2, 0) is 4.74 Å². The second kappa shape index (κ2) is 6.97. The quantitative estimate of drug-likeness (QED) is 0.815. The summed E-state index contributed by atoms with van der Waals surface area (Å²) in [6, 6.07) is 0.934. The molecule has 0 aliphatic carbocycles. The number of rotatable bonds is 5. The van der Waals surface area contributed by atoms with Gasteiger partial charge in [-0.2, -0.15) is 0 Å². The maximum absolute atomic E-state index is 11.7. The van der Waals surface area contributed by atoms with E-state index in [2.05, 4.69) is 22.5 Å². The molecule has 0 radical (unpaired) electrons. The molecule has 0 aromatic carbocycles. The van der Waals surface area contributed by atoms with Crippen molar-refractivity contribution >= 4 is 6.09 Å². The predicted molar refractivity (Wildman–Crippen MR) is 84.4 cm³/mol. The molecular formula is C16H31N3O2. The van der Waals surface area contributed by atoms with Crippen LogP contribution in [0.25, 0.3) is 0 Å². The largest absolute Gasteiger partial charge is 0.444 e. The van der Waals surface area contributed by atoms with Gasteiger partial charge in [0, 0.05) is 25.2 Å². The van der Waals surface area contributed by atoms with Crippen molar-refractivity contribution in [2.45, 2.75) is 64.6 Å². The summed E-state index contributed by atoms with van der Waals surface area (Å²) in [5.41, 5.74) is -0.435. The Morgan fingerprint density at radius 1 is 1.33 bits per heavy atom. The van der Waals surface area contributed by atoms with Gasteiger partial charge in [0.05, 0.1) is 0 Å². The van der Waals surface area contributed by atoms with Crippen molar-refractivity contribution in [3.05, 3.63) is 0 Å². The Morgan fingerprint density at radius 3 is 2.71 bits per heavy atom. The molecular weight excluding hydrogens is 266 g/mol. The van der Waals surface area contributed by atoms with Crippen LogP contribution in [-0.4, -0.2) is 54.9 Å². The van der Waals surface area contributed by atoms with Gasteiger partial charge in [0.1, 0.15) is 5.60 Å².